The number of thiol groups is 1. The van der Waals surface area contributed by atoms with Gasteiger partial charge >= 0.3 is 5.97 Å². The van der Waals surface area contributed by atoms with E-state index in [1.54, 1.807) is 50.4 Å². The molecule has 0 spiro atoms. The predicted molar refractivity (Wildman–Crippen MR) is 339 cm³/mol. The summed E-state index contributed by atoms with van der Waals surface area (Å²) in [6.07, 6.45) is -1.53. The van der Waals surface area contributed by atoms with E-state index in [2.05, 4.69) is 76.1 Å². The van der Waals surface area contributed by atoms with Gasteiger partial charge in [-0.3, -0.25) is 57.5 Å². The number of carbonyl (C=O) groups is 13. The van der Waals surface area contributed by atoms with Gasteiger partial charge in [0.15, 0.2) is 0 Å². The molecule has 0 saturated carbocycles. The number of para-hydroxylation sites is 1. The number of carbonyl (C=O) groups excluding carboxylic acids is 12. The quantitative estimate of drug-likeness (QED) is 0.0188. The number of hydrogen-bond donors (Lipinski definition) is 19. The molecule has 0 radical (unpaired) electrons. The molecule has 0 aliphatic carbocycles. The number of hydrogen-bond acceptors (Lipinski definition) is 19. The number of carboxylic acids is 1. The van der Waals surface area contributed by atoms with E-state index in [4.69, 9.17) is 11.5 Å². The third kappa shape index (κ3) is 25.0. The summed E-state index contributed by atoms with van der Waals surface area (Å²) in [6.45, 7) is 4.58. The van der Waals surface area contributed by atoms with E-state index in [9.17, 15) is 82.8 Å². The van der Waals surface area contributed by atoms with Crippen molar-refractivity contribution in [3.05, 3.63) is 71.9 Å². The monoisotopic (exact) mass is 1320 g/mol. The van der Waals surface area contributed by atoms with Gasteiger partial charge in [-0.1, -0.05) is 62.4 Å². The SMILES string of the molecule is CC(C)C[C@H](NC(=O)[C@H](CCCCN)NC(=O)[C@@H](NC(=O)CNC(=O)CNC(=O)CNC(=O)[C@H](Cc1ccccc1)NC(=O)[C@@H](NC(=O)[C@H](CS)NC(=O)[C@@H]1CCCN1C(=O)[C@@H](NC(=O)CNC(=O)[C@@H](N)Cc1c[nH]c2ccccc12)[C@@H](C)O)[C@@H](C)O)[C@@H](C)O)C(=O)O. The van der Waals surface area contributed by atoms with Gasteiger partial charge in [0.05, 0.1) is 50.5 Å². The highest BCUT2D eigenvalue weighted by molar-refractivity contribution is 7.80. The van der Waals surface area contributed by atoms with Crippen molar-refractivity contribution in [2.24, 2.45) is 17.4 Å². The third-order valence-corrected chi connectivity index (χ3v) is 15.2. The number of aliphatic carboxylic acids is 1. The van der Waals surface area contributed by atoms with Crippen LogP contribution in [0.25, 0.3) is 10.9 Å². The van der Waals surface area contributed by atoms with Gasteiger partial charge < -0.3 is 100 Å². The normalized spacial score (nSPS) is 16.4. The molecule has 1 saturated heterocycles. The molecule has 93 heavy (non-hydrogen) atoms. The predicted octanol–water partition coefficient (Wildman–Crippen LogP) is -5.54. The van der Waals surface area contributed by atoms with Crippen molar-refractivity contribution in [3.63, 3.8) is 0 Å². The average molecular weight is 1320 g/mol. The first-order valence-electron chi connectivity index (χ1n) is 30.5. The van der Waals surface area contributed by atoms with Crippen molar-refractivity contribution < 1.29 is 82.8 Å². The fourth-order valence-corrected chi connectivity index (χ4v) is 10.1. The van der Waals surface area contributed by atoms with Crippen LogP contribution in [0, 0.1) is 5.92 Å². The molecule has 12 amide bonds. The second kappa shape index (κ2) is 38.3. The number of aliphatic hydroxyl groups excluding tert-OH is 3. The number of carboxylic acid groups (broad SMARTS) is 1. The summed E-state index contributed by atoms with van der Waals surface area (Å²) in [4.78, 5) is 176. The molecular formula is C60H89N15O17S. The first kappa shape index (κ1) is 76.7. The topological polar surface area (TPSA) is 506 Å². The van der Waals surface area contributed by atoms with Crippen molar-refractivity contribution in [3.8, 4) is 0 Å². The molecule has 2 aromatic carbocycles. The number of unbranched alkanes of at least 4 members (excludes halogenated alkanes) is 1. The lowest BCUT2D eigenvalue weighted by atomic mass is 10.0. The lowest BCUT2D eigenvalue weighted by Gasteiger charge is -2.31. The molecule has 12 atom stereocenters. The summed E-state index contributed by atoms with van der Waals surface area (Å²) in [5, 5.41) is 68.5. The number of nitrogens with zero attached hydrogens (tertiary/aromatic N) is 1. The Morgan fingerprint density at radius 3 is 1.70 bits per heavy atom. The molecule has 2 heterocycles. The molecule has 33 heteroatoms. The number of nitrogens with two attached hydrogens (primary N) is 2. The summed E-state index contributed by atoms with van der Waals surface area (Å²) in [5.41, 5.74) is 13.9. The van der Waals surface area contributed by atoms with Crippen molar-refractivity contribution in [1.82, 2.24) is 68.4 Å². The number of nitrogens with one attached hydrogen (secondary N) is 12. The van der Waals surface area contributed by atoms with Gasteiger partial charge in [-0.2, -0.15) is 12.6 Å². The van der Waals surface area contributed by atoms with Crippen LogP contribution in [0.15, 0.2) is 60.8 Å². The van der Waals surface area contributed by atoms with Gasteiger partial charge in [0.25, 0.3) is 0 Å². The Balaban J connectivity index is 1.29. The highest BCUT2D eigenvalue weighted by Crippen LogP contribution is 2.21. The van der Waals surface area contributed by atoms with Crippen LogP contribution < -0.4 is 70.0 Å². The van der Waals surface area contributed by atoms with Gasteiger partial charge in [0.1, 0.15) is 48.3 Å². The van der Waals surface area contributed by atoms with Gasteiger partial charge in [0, 0.05) is 35.8 Å². The van der Waals surface area contributed by atoms with Gasteiger partial charge in [-0.05, 0) is 95.4 Å². The highest BCUT2D eigenvalue weighted by Gasteiger charge is 2.41. The zero-order valence-electron chi connectivity index (χ0n) is 52.5. The number of likely N-dealkylation sites (tertiary alicyclic amines) is 1. The summed E-state index contributed by atoms with van der Waals surface area (Å²) in [7, 11) is 0. The van der Waals surface area contributed by atoms with Crippen molar-refractivity contribution in [2.45, 2.75) is 159 Å². The Bertz CT molecular complexity index is 3080. The maximum absolute atomic E-state index is 13.9. The minimum absolute atomic E-state index is 0.0165. The van der Waals surface area contributed by atoms with E-state index in [0.29, 0.717) is 24.8 Å². The fraction of sp³-hybridized carbons (Fsp3) is 0.550. The molecule has 0 bridgehead atoms. The maximum atomic E-state index is 13.9. The number of aliphatic hydroxyl groups is 3. The molecule has 0 unspecified atom stereocenters. The molecule has 1 aliphatic heterocycles. The second-order valence-corrected chi connectivity index (χ2v) is 23.4. The minimum atomic E-state index is -1.77. The molecule has 20 N–H and O–H groups in total. The lowest BCUT2D eigenvalue weighted by Crippen LogP contribution is -2.62. The Morgan fingerprint density at radius 1 is 0.581 bits per heavy atom. The van der Waals surface area contributed by atoms with Gasteiger partial charge in [-0.15, -0.1) is 0 Å². The van der Waals surface area contributed by atoms with Crippen LogP contribution >= 0.6 is 12.6 Å². The maximum Gasteiger partial charge on any atom is 0.326 e. The zero-order chi connectivity index (χ0) is 69.1. The zero-order valence-corrected chi connectivity index (χ0v) is 53.4. The number of aromatic nitrogens is 1. The van der Waals surface area contributed by atoms with E-state index in [1.165, 1.54) is 20.8 Å². The molecule has 1 aliphatic rings. The Hall–Kier alpha value is -8.76. The lowest BCUT2D eigenvalue weighted by molar-refractivity contribution is -0.144. The Kier molecular flexibility index (Phi) is 31.6. The molecule has 3 aromatic rings. The van der Waals surface area contributed by atoms with E-state index in [-0.39, 0.29) is 56.9 Å². The van der Waals surface area contributed by atoms with Crippen molar-refractivity contribution >= 4 is 100 Å². The van der Waals surface area contributed by atoms with E-state index >= 15 is 0 Å². The largest absolute Gasteiger partial charge is 0.480 e. The summed E-state index contributed by atoms with van der Waals surface area (Å²) in [5.74, 6) is -12.5. The van der Waals surface area contributed by atoms with Gasteiger partial charge in [0.2, 0.25) is 70.9 Å². The number of benzene rings is 2. The molecule has 1 fully saturated rings. The number of aromatic amines is 1. The fourth-order valence-electron chi connectivity index (χ4n) is 9.86. The van der Waals surface area contributed by atoms with E-state index < -0.39 is 176 Å². The number of H-pyrrole nitrogens is 1. The molecule has 1 aromatic heterocycles. The molecule has 4 rings (SSSR count). The summed E-state index contributed by atoms with van der Waals surface area (Å²) >= 11 is 4.22. The second-order valence-electron chi connectivity index (χ2n) is 23.0. The highest BCUT2D eigenvalue weighted by atomic mass is 32.1. The summed E-state index contributed by atoms with van der Waals surface area (Å²) < 4.78 is 0. The van der Waals surface area contributed by atoms with Crippen LogP contribution in [-0.4, -0.2) is 225 Å². The standard InChI is InChI=1S/C60H89N15O17S/c1-31(2)22-42(60(91)92)70-54(85)40(18-11-12-20-61)68-57(88)49(32(3)76)72-47(81)28-65-45(79)26-64-46(80)27-67-53(84)41(23-35-14-7-6-8-15-35)69-58(89)50(33(4)77)74-55(86)43(30-93)71-56(87)44-19-13-21-75(44)59(90)51(34(5)78)73-48(82)29-66-52(83)38(62)24-36-25-63-39-17-10-9-16-37(36)39/h6-10,14-17,25,31-34,38,40-44,49-51,63,76-78,93H,11-13,18-24,26-30,61-62H2,1-5H3,(H,64,80)(H,65,79)(H,66,83)(H,67,84)(H,68,88)(H,69,89)(H,70,85)(H,71,87)(H,72,81)(H,73,82)(H,74,86)(H,91,92)/t32-,33-,34-,38+,40+,41+,42+,43+,44+,49+,50+,51+/m1/s1. The van der Waals surface area contributed by atoms with Crippen LogP contribution in [0.3, 0.4) is 0 Å². The Morgan fingerprint density at radius 2 is 1.11 bits per heavy atom. The third-order valence-electron chi connectivity index (χ3n) is 14.9. The van der Waals surface area contributed by atoms with Crippen LogP contribution in [-0.2, 0) is 75.2 Å². The molecule has 32 nitrogen and oxygen atoms in total. The van der Waals surface area contributed by atoms with E-state index in [0.717, 1.165) is 21.4 Å². The molecular weight excluding hydrogens is 1230 g/mol. The number of rotatable bonds is 38. The minimum Gasteiger partial charge on any atom is -0.480 e. The Labute approximate surface area is 542 Å². The first-order chi connectivity index (χ1) is 44.0. The number of fused-ring (bicyclic) bond motifs is 1. The van der Waals surface area contributed by atoms with Gasteiger partial charge in [-0.25, -0.2) is 4.79 Å². The van der Waals surface area contributed by atoms with Crippen LogP contribution in [0.2, 0.25) is 0 Å². The van der Waals surface area contributed by atoms with E-state index in [1.807, 2.05) is 24.3 Å². The average Bonchev–Trinajstić information content (AvgIpc) is 1.80. The van der Waals surface area contributed by atoms with Crippen molar-refractivity contribution in [1.29, 1.82) is 0 Å². The van der Waals surface area contributed by atoms with Crippen molar-refractivity contribution in [2.75, 3.05) is 45.0 Å². The van der Waals surface area contributed by atoms with Crippen LogP contribution in [0.4, 0.5) is 0 Å². The van der Waals surface area contributed by atoms with Crippen LogP contribution in [0.1, 0.15) is 84.3 Å². The first-order valence-corrected chi connectivity index (χ1v) is 31.1. The smallest absolute Gasteiger partial charge is 0.326 e. The summed E-state index contributed by atoms with van der Waals surface area (Å²) in [6, 6.07) is 3.01. The van der Waals surface area contributed by atoms with Crippen LogP contribution in [0.5, 0.6) is 0 Å². The number of amides is 12. The molecule has 512 valence electrons.